The van der Waals surface area contributed by atoms with Crippen LogP contribution in [-0.4, -0.2) is 0 Å². The van der Waals surface area contributed by atoms with E-state index in [1.165, 1.54) is 66.1 Å². The summed E-state index contributed by atoms with van der Waals surface area (Å²) >= 11 is 0. The molecule has 0 aromatic heterocycles. The summed E-state index contributed by atoms with van der Waals surface area (Å²) in [5.74, 6) is 0. The molecule has 0 radical (unpaired) electrons. The molecule has 0 unspecified atom stereocenters. The van der Waals surface area contributed by atoms with Crippen LogP contribution in [0.5, 0.6) is 0 Å². The minimum absolute atomic E-state index is 0. The van der Waals surface area contributed by atoms with E-state index in [1.54, 1.807) is 0 Å². The molecule has 6 aromatic rings. The predicted octanol–water partition coefficient (Wildman–Crippen LogP) is 13.0. The summed E-state index contributed by atoms with van der Waals surface area (Å²) in [5.41, 5.74) is 10.9. The summed E-state index contributed by atoms with van der Waals surface area (Å²) in [6.07, 6.45) is 1.03. The number of hydrogen-bond donors (Lipinski definition) is 0. The molecule has 0 amide bonds. The number of rotatable bonds is 5. The number of fused-ring (bicyclic) bond motifs is 2. The molecule has 0 aliphatic carbocycles. The van der Waals surface area contributed by atoms with E-state index in [4.69, 9.17) is 0 Å². The third kappa shape index (κ3) is 6.76. The molecule has 45 heavy (non-hydrogen) atoms. The van der Waals surface area contributed by atoms with Gasteiger partial charge in [-0.15, -0.1) is 69.1 Å². The summed E-state index contributed by atoms with van der Waals surface area (Å²) < 4.78 is 0. The van der Waals surface area contributed by atoms with Gasteiger partial charge in [0.15, 0.2) is 0 Å². The van der Waals surface area contributed by atoms with Crippen LogP contribution in [0.25, 0.3) is 43.8 Å². The Morgan fingerprint density at radius 2 is 0.889 bits per heavy atom. The first-order chi connectivity index (χ1) is 19.9. The van der Waals surface area contributed by atoms with Crippen LogP contribution in [0.3, 0.4) is 0 Å². The first-order valence-electron chi connectivity index (χ1n) is 15.5. The zero-order valence-corrected chi connectivity index (χ0v) is 32.7. The van der Waals surface area contributed by atoms with Gasteiger partial charge in [0.1, 0.15) is 0 Å². The molecule has 0 atom stereocenters. The molecule has 0 nitrogen and oxygen atoms in total. The molecule has 6 rings (SSSR count). The van der Waals surface area contributed by atoms with E-state index in [9.17, 15) is 0 Å². The van der Waals surface area contributed by atoms with Crippen LogP contribution in [0, 0.1) is 14.9 Å². The molecule has 0 aliphatic heterocycles. The Morgan fingerprint density at radius 1 is 0.511 bits per heavy atom. The molecule has 0 aliphatic rings. The van der Waals surface area contributed by atoms with E-state index >= 15 is 0 Å². The smallest absolute Gasteiger partial charge is 0.358 e. The van der Waals surface area contributed by atoms with E-state index in [0.717, 1.165) is 6.42 Å². The van der Waals surface area contributed by atoms with Crippen LogP contribution >= 0.6 is 0 Å². The van der Waals surface area contributed by atoms with Gasteiger partial charge < -0.3 is 14.9 Å². The van der Waals surface area contributed by atoms with Crippen LogP contribution in [0.15, 0.2) is 109 Å². The minimum Gasteiger partial charge on any atom is -0.358 e. The van der Waals surface area contributed by atoms with Crippen molar-refractivity contribution in [2.75, 3.05) is 0 Å². The maximum Gasteiger partial charge on any atom is 4.00 e. The summed E-state index contributed by atoms with van der Waals surface area (Å²) in [5, 5.41) is 5.32. The van der Waals surface area contributed by atoms with Gasteiger partial charge >= 0.3 is 25.8 Å². The molecular formula is C44H50Hf. The minimum atomic E-state index is -0.0902. The molecule has 0 saturated heterocycles. The van der Waals surface area contributed by atoms with Gasteiger partial charge in [-0.1, -0.05) is 127 Å². The van der Waals surface area contributed by atoms with Crippen molar-refractivity contribution in [3.63, 3.8) is 0 Å². The normalized spacial score (nSPS) is 12.0. The Hall–Kier alpha value is -3.03. The van der Waals surface area contributed by atoms with Crippen LogP contribution in [0.1, 0.15) is 84.1 Å². The van der Waals surface area contributed by atoms with Crippen LogP contribution in [-0.2, 0) is 42.1 Å². The Bertz CT molecular complexity index is 1760. The Morgan fingerprint density at radius 3 is 1.24 bits per heavy atom. The van der Waals surface area contributed by atoms with Gasteiger partial charge in [0, 0.05) is 0 Å². The molecule has 0 bridgehead atoms. The van der Waals surface area contributed by atoms with Crippen molar-refractivity contribution in [2.24, 2.45) is 0 Å². The van der Waals surface area contributed by atoms with Gasteiger partial charge in [0.2, 0.25) is 0 Å². The van der Waals surface area contributed by atoms with Gasteiger partial charge in [0.25, 0.3) is 0 Å². The maximum atomic E-state index is 2.46. The second kappa shape index (κ2) is 13.4. The van der Waals surface area contributed by atoms with Gasteiger partial charge in [-0.3, -0.25) is 0 Å². The van der Waals surface area contributed by atoms with E-state index in [1.807, 2.05) is 0 Å². The average molecular weight is 757 g/mol. The van der Waals surface area contributed by atoms with Crippen molar-refractivity contribution >= 4 is 21.5 Å². The monoisotopic (exact) mass is 758 g/mol. The molecular weight excluding hydrogens is 707 g/mol. The van der Waals surface area contributed by atoms with Crippen molar-refractivity contribution in [2.45, 2.75) is 78.1 Å². The summed E-state index contributed by atoms with van der Waals surface area (Å²) in [7, 11) is 0. The molecule has 0 N–H and O–H groups in total. The molecule has 0 fully saturated rings. The first-order valence-corrected chi connectivity index (χ1v) is 15.5. The zero-order chi connectivity index (χ0) is 29.9. The largest absolute Gasteiger partial charge is 4.00 e. The van der Waals surface area contributed by atoms with E-state index in [0.29, 0.717) is 0 Å². The third-order valence-corrected chi connectivity index (χ3v) is 9.56. The number of benzene rings is 4. The van der Waals surface area contributed by atoms with E-state index in [-0.39, 0.29) is 56.9 Å². The second-order valence-corrected chi connectivity index (χ2v) is 14.5. The van der Waals surface area contributed by atoms with Crippen molar-refractivity contribution in [3.05, 3.63) is 146 Å². The van der Waals surface area contributed by atoms with Gasteiger partial charge in [-0.2, -0.15) is 12.1 Å². The summed E-state index contributed by atoms with van der Waals surface area (Å²) in [6, 6.07) is 41.5. The molecule has 230 valence electrons. The quantitative estimate of drug-likeness (QED) is 0.121. The van der Waals surface area contributed by atoms with Crippen molar-refractivity contribution in [3.8, 4) is 22.3 Å². The van der Waals surface area contributed by atoms with Crippen LogP contribution in [0.4, 0.5) is 0 Å². The third-order valence-electron chi connectivity index (χ3n) is 9.56. The van der Waals surface area contributed by atoms with Crippen molar-refractivity contribution < 1.29 is 25.8 Å². The molecule has 0 saturated carbocycles. The zero-order valence-electron chi connectivity index (χ0n) is 29.1. The second-order valence-electron chi connectivity index (χ2n) is 14.5. The fourth-order valence-electron chi connectivity index (χ4n) is 6.49. The fourth-order valence-corrected chi connectivity index (χ4v) is 6.49. The van der Waals surface area contributed by atoms with Gasteiger partial charge in [-0.25, -0.2) is 0 Å². The SMILES string of the molecule is CCC(C)(c1cc2c(-c3cccc(C(C)(C)C)c3)cccc2[cH-]1)c1cc2c(-c3cccc(C(C)(C)C)c3)cccc2[cH-]1.[CH3-].[CH3-].[Hf+4]. The molecule has 0 spiro atoms. The molecule has 1 heteroatoms. The molecule has 6 aromatic carbocycles. The fraction of sp³-hybridized carbons (Fsp3) is 0.273. The van der Waals surface area contributed by atoms with Crippen LogP contribution in [0.2, 0.25) is 0 Å². The van der Waals surface area contributed by atoms with Crippen molar-refractivity contribution in [1.29, 1.82) is 0 Å². The Labute approximate surface area is 292 Å². The average Bonchev–Trinajstić information content (AvgIpc) is 3.61. The van der Waals surface area contributed by atoms with E-state index in [2.05, 4.69) is 165 Å². The molecule has 0 heterocycles. The van der Waals surface area contributed by atoms with Crippen molar-refractivity contribution in [1.82, 2.24) is 0 Å². The Balaban J connectivity index is 0.00000184. The Kier molecular flexibility index (Phi) is 10.8. The standard InChI is InChI=1S/C42H44.2CH3.Hf/c1-9-42(8,34-24-30-16-12-20-36(38(30)26-34)28-14-10-18-32(22-28)40(2,3)4)35-25-31-17-13-21-37(39(31)27-35)29-15-11-19-33(23-29)41(5,6)7;;;/h10-27H,9H2,1-8H3;2*1H3;/q-2;2*-1;+4. The van der Waals surface area contributed by atoms with Gasteiger partial charge in [0.05, 0.1) is 0 Å². The first kappa shape index (κ1) is 36.4. The van der Waals surface area contributed by atoms with Gasteiger partial charge in [-0.05, 0) is 44.9 Å². The maximum absolute atomic E-state index is 2.46. The summed E-state index contributed by atoms with van der Waals surface area (Å²) in [4.78, 5) is 0. The summed E-state index contributed by atoms with van der Waals surface area (Å²) in [6.45, 7) is 18.5. The topological polar surface area (TPSA) is 0 Å². The number of hydrogen-bond acceptors (Lipinski definition) is 0. The predicted molar refractivity (Wildman–Crippen MR) is 197 cm³/mol. The van der Waals surface area contributed by atoms with Crippen LogP contribution < -0.4 is 0 Å². The van der Waals surface area contributed by atoms with E-state index < -0.39 is 0 Å².